The van der Waals surface area contributed by atoms with Crippen LogP contribution in [0.25, 0.3) is 5.70 Å². The van der Waals surface area contributed by atoms with Crippen LogP contribution in [0.1, 0.15) is 5.56 Å². The van der Waals surface area contributed by atoms with Gasteiger partial charge in [-0.25, -0.2) is 9.18 Å². The van der Waals surface area contributed by atoms with E-state index in [4.69, 9.17) is 10.8 Å². The monoisotopic (exact) mass is 181 g/mol. The molecule has 3 N–H and O–H groups in total. The topological polar surface area (TPSA) is 63.3 Å². The molecule has 0 heterocycles. The molecule has 4 heteroatoms. The summed E-state index contributed by atoms with van der Waals surface area (Å²) in [5.41, 5.74) is 5.78. The van der Waals surface area contributed by atoms with Gasteiger partial charge in [0.25, 0.3) is 0 Å². The van der Waals surface area contributed by atoms with Crippen molar-refractivity contribution in [2.24, 2.45) is 5.73 Å². The van der Waals surface area contributed by atoms with E-state index in [2.05, 4.69) is 0 Å². The second kappa shape index (κ2) is 3.71. The lowest BCUT2D eigenvalue weighted by Gasteiger charge is -1.99. The summed E-state index contributed by atoms with van der Waals surface area (Å²) in [5, 5.41) is 8.36. The normalized spacial score (nSPS) is 11.3. The van der Waals surface area contributed by atoms with E-state index in [0.717, 1.165) is 6.08 Å². The Labute approximate surface area is 74.3 Å². The van der Waals surface area contributed by atoms with Crippen LogP contribution in [0.3, 0.4) is 0 Å². The molecular formula is C9H8FNO2. The first-order valence-corrected chi connectivity index (χ1v) is 3.55. The SMILES string of the molecule is N/C(=C/C(=O)O)c1cccc(F)c1. The zero-order valence-corrected chi connectivity index (χ0v) is 6.70. The van der Waals surface area contributed by atoms with Crippen molar-refractivity contribution in [1.82, 2.24) is 0 Å². The molecule has 0 bridgehead atoms. The fraction of sp³-hybridized carbons (Fsp3) is 0. The average molecular weight is 181 g/mol. The number of aliphatic carboxylic acids is 1. The van der Waals surface area contributed by atoms with Crippen LogP contribution in [0.2, 0.25) is 0 Å². The third-order valence-electron chi connectivity index (χ3n) is 1.44. The van der Waals surface area contributed by atoms with E-state index in [1.165, 1.54) is 24.3 Å². The number of carboxylic acids is 1. The number of halogens is 1. The molecule has 0 aliphatic heterocycles. The zero-order chi connectivity index (χ0) is 9.84. The zero-order valence-electron chi connectivity index (χ0n) is 6.70. The van der Waals surface area contributed by atoms with Crippen LogP contribution >= 0.6 is 0 Å². The second-order valence-electron chi connectivity index (χ2n) is 2.45. The molecule has 0 fully saturated rings. The fourth-order valence-corrected chi connectivity index (χ4v) is 0.884. The van der Waals surface area contributed by atoms with Crippen molar-refractivity contribution in [3.05, 3.63) is 41.7 Å². The predicted octanol–water partition coefficient (Wildman–Crippen LogP) is 1.21. The van der Waals surface area contributed by atoms with Gasteiger partial charge < -0.3 is 10.8 Å². The van der Waals surface area contributed by atoms with Crippen molar-refractivity contribution in [2.45, 2.75) is 0 Å². The van der Waals surface area contributed by atoms with Gasteiger partial charge in [-0.15, -0.1) is 0 Å². The molecule has 0 atom stereocenters. The molecule has 0 unspecified atom stereocenters. The summed E-state index contributed by atoms with van der Waals surface area (Å²) in [6.45, 7) is 0. The Morgan fingerprint density at radius 3 is 2.77 bits per heavy atom. The van der Waals surface area contributed by atoms with Crippen LogP contribution in [0, 0.1) is 5.82 Å². The summed E-state index contributed by atoms with van der Waals surface area (Å²) in [5.74, 6) is -1.60. The highest BCUT2D eigenvalue weighted by atomic mass is 19.1. The van der Waals surface area contributed by atoms with Crippen LogP contribution < -0.4 is 5.73 Å². The van der Waals surface area contributed by atoms with Gasteiger partial charge in [-0.3, -0.25) is 0 Å². The lowest BCUT2D eigenvalue weighted by atomic mass is 10.1. The number of rotatable bonds is 2. The first kappa shape index (κ1) is 9.25. The summed E-state index contributed by atoms with van der Waals surface area (Å²) < 4.78 is 12.6. The summed E-state index contributed by atoms with van der Waals surface area (Å²) >= 11 is 0. The van der Waals surface area contributed by atoms with E-state index in [1.807, 2.05) is 0 Å². The standard InChI is InChI=1S/C9H8FNO2/c10-7-3-1-2-6(4-7)8(11)5-9(12)13/h1-5H,11H2,(H,12,13)/b8-5+. The van der Waals surface area contributed by atoms with Crippen LogP contribution in [0.15, 0.2) is 30.3 Å². The lowest BCUT2D eigenvalue weighted by Crippen LogP contribution is -2.00. The predicted molar refractivity (Wildman–Crippen MR) is 46.2 cm³/mol. The lowest BCUT2D eigenvalue weighted by molar-refractivity contribution is -0.131. The van der Waals surface area contributed by atoms with Crippen LogP contribution in [0.5, 0.6) is 0 Å². The molecule has 1 rings (SSSR count). The highest BCUT2D eigenvalue weighted by molar-refractivity contribution is 5.89. The van der Waals surface area contributed by atoms with E-state index in [-0.39, 0.29) is 5.70 Å². The van der Waals surface area contributed by atoms with Gasteiger partial charge in [0.15, 0.2) is 0 Å². The third-order valence-corrected chi connectivity index (χ3v) is 1.44. The van der Waals surface area contributed by atoms with Gasteiger partial charge >= 0.3 is 5.97 Å². The van der Waals surface area contributed by atoms with E-state index in [0.29, 0.717) is 5.56 Å². The van der Waals surface area contributed by atoms with Gasteiger partial charge in [0.05, 0.1) is 0 Å². The molecule has 1 aromatic rings. The summed E-state index contributed by atoms with van der Waals surface area (Å²) in [4.78, 5) is 10.2. The molecule has 13 heavy (non-hydrogen) atoms. The van der Waals surface area contributed by atoms with Crippen molar-refractivity contribution in [3.63, 3.8) is 0 Å². The largest absolute Gasteiger partial charge is 0.478 e. The number of hydrogen-bond donors (Lipinski definition) is 2. The Morgan fingerprint density at radius 2 is 2.23 bits per heavy atom. The molecule has 0 saturated heterocycles. The summed E-state index contributed by atoms with van der Waals surface area (Å²) in [6.07, 6.45) is 0.828. The van der Waals surface area contributed by atoms with Gasteiger partial charge in [0, 0.05) is 17.3 Å². The van der Waals surface area contributed by atoms with Gasteiger partial charge in [-0.05, 0) is 12.1 Å². The number of nitrogens with two attached hydrogens (primary N) is 1. The molecule has 0 saturated carbocycles. The van der Waals surface area contributed by atoms with E-state index in [1.54, 1.807) is 0 Å². The Kier molecular flexibility index (Phi) is 2.64. The van der Waals surface area contributed by atoms with Gasteiger partial charge in [-0.2, -0.15) is 0 Å². The van der Waals surface area contributed by atoms with Crippen LogP contribution in [0.4, 0.5) is 4.39 Å². The van der Waals surface area contributed by atoms with E-state index >= 15 is 0 Å². The number of carbonyl (C=O) groups is 1. The van der Waals surface area contributed by atoms with Crippen molar-refractivity contribution < 1.29 is 14.3 Å². The average Bonchev–Trinajstić information content (AvgIpc) is 2.03. The highest BCUT2D eigenvalue weighted by Crippen LogP contribution is 2.09. The molecule has 0 amide bonds. The second-order valence-corrected chi connectivity index (χ2v) is 2.45. The molecule has 0 aliphatic carbocycles. The first-order valence-electron chi connectivity index (χ1n) is 3.55. The molecule has 0 aliphatic rings. The quantitative estimate of drug-likeness (QED) is 0.674. The summed E-state index contributed by atoms with van der Waals surface area (Å²) in [7, 11) is 0. The number of hydrogen-bond acceptors (Lipinski definition) is 2. The maximum absolute atomic E-state index is 12.6. The van der Waals surface area contributed by atoms with E-state index in [9.17, 15) is 9.18 Å². The van der Waals surface area contributed by atoms with Crippen molar-refractivity contribution in [1.29, 1.82) is 0 Å². The Morgan fingerprint density at radius 1 is 1.54 bits per heavy atom. The fourth-order valence-electron chi connectivity index (χ4n) is 0.884. The first-order chi connectivity index (χ1) is 6.09. The molecule has 68 valence electrons. The maximum Gasteiger partial charge on any atom is 0.330 e. The molecule has 1 aromatic carbocycles. The van der Waals surface area contributed by atoms with Crippen LogP contribution in [-0.4, -0.2) is 11.1 Å². The Balaban J connectivity index is 3.02. The summed E-state index contributed by atoms with van der Waals surface area (Å²) in [6, 6.07) is 5.44. The maximum atomic E-state index is 12.6. The van der Waals surface area contributed by atoms with Crippen molar-refractivity contribution in [3.8, 4) is 0 Å². The molecular weight excluding hydrogens is 173 g/mol. The Hall–Kier alpha value is -1.84. The minimum atomic E-state index is -1.15. The number of benzene rings is 1. The Bertz CT molecular complexity index is 360. The molecule has 3 nitrogen and oxygen atoms in total. The third kappa shape index (κ3) is 2.59. The van der Waals surface area contributed by atoms with Gasteiger partial charge in [0.1, 0.15) is 5.82 Å². The highest BCUT2D eigenvalue weighted by Gasteiger charge is 1.99. The van der Waals surface area contributed by atoms with Crippen LogP contribution in [-0.2, 0) is 4.79 Å². The number of carboxylic acid groups (broad SMARTS) is 1. The smallest absolute Gasteiger partial charge is 0.330 e. The van der Waals surface area contributed by atoms with Crippen molar-refractivity contribution >= 4 is 11.7 Å². The molecule has 0 radical (unpaired) electrons. The van der Waals surface area contributed by atoms with E-state index < -0.39 is 11.8 Å². The molecule has 0 spiro atoms. The minimum Gasteiger partial charge on any atom is -0.478 e. The van der Waals surface area contributed by atoms with Crippen molar-refractivity contribution in [2.75, 3.05) is 0 Å². The van der Waals surface area contributed by atoms with Gasteiger partial charge in [-0.1, -0.05) is 12.1 Å². The molecule has 0 aromatic heterocycles. The van der Waals surface area contributed by atoms with Gasteiger partial charge in [0.2, 0.25) is 0 Å². The minimum absolute atomic E-state index is 0.0343.